The number of nitrogens with zero attached hydrogens (tertiary/aromatic N) is 5. The number of benzene rings is 4. The molecule has 0 aliphatic carbocycles. The summed E-state index contributed by atoms with van der Waals surface area (Å²) in [6.07, 6.45) is 1.29. The summed E-state index contributed by atoms with van der Waals surface area (Å²) in [6.45, 7) is 4.84. The standard InChI is InChI=1S/C44H42N8O3S3/c1-3-44(2)24-32-33(25-55-44)58-40-36(32)39-47-49-42(56-26-34(53)45-37(28-16-8-4-9-17-28)29-18-10-5-11-19-29)51(39)41-48-50-43(52(40)41)57-27-35(54)46-38(30-20-12-6-13-21-30)31-22-14-7-15-23-31/h4-23,37-39,47H,3,24-27H2,1-2H3,(H,45,53)(H,46,54)/t39?,44-/m0/s1. The summed E-state index contributed by atoms with van der Waals surface area (Å²) < 4.78 is 8.45. The number of anilines is 1. The number of hydrazone groups is 1. The maximum atomic E-state index is 13.7. The second-order valence-electron chi connectivity index (χ2n) is 14.6. The maximum absolute atomic E-state index is 13.7. The number of thiophene rings is 1. The van der Waals surface area contributed by atoms with E-state index in [1.54, 1.807) is 11.3 Å². The van der Waals surface area contributed by atoms with Gasteiger partial charge in [0.2, 0.25) is 17.8 Å². The zero-order valence-electron chi connectivity index (χ0n) is 32.0. The van der Waals surface area contributed by atoms with Gasteiger partial charge in [-0.1, -0.05) is 152 Å². The van der Waals surface area contributed by atoms with Gasteiger partial charge in [-0.25, -0.2) is 4.57 Å². The molecule has 0 fully saturated rings. The molecule has 14 heteroatoms. The second-order valence-corrected chi connectivity index (χ2v) is 17.6. The molecule has 3 N–H and O–H groups in total. The molecule has 11 nitrogen and oxygen atoms in total. The van der Waals surface area contributed by atoms with Crippen molar-refractivity contribution >= 4 is 57.8 Å². The largest absolute Gasteiger partial charge is 0.369 e. The van der Waals surface area contributed by atoms with E-state index < -0.39 is 0 Å². The number of nitrogens with one attached hydrogen (secondary N) is 3. The first-order valence-electron chi connectivity index (χ1n) is 19.3. The van der Waals surface area contributed by atoms with E-state index in [0.29, 0.717) is 22.9 Å². The number of hydrogen-bond acceptors (Lipinski definition) is 11. The molecular formula is C44H42N8O3S3. The molecule has 0 spiro atoms. The number of amidine groups is 1. The van der Waals surface area contributed by atoms with E-state index in [2.05, 4.69) is 35.0 Å². The summed E-state index contributed by atoms with van der Waals surface area (Å²) in [5.41, 5.74) is 9.45. The number of rotatable bonds is 12. The highest BCUT2D eigenvalue weighted by molar-refractivity contribution is 8.14. The van der Waals surface area contributed by atoms with Crippen LogP contribution in [0, 0.1) is 0 Å². The zero-order chi connectivity index (χ0) is 39.6. The lowest BCUT2D eigenvalue weighted by Gasteiger charge is -2.35. The van der Waals surface area contributed by atoms with Gasteiger partial charge in [-0.15, -0.1) is 21.5 Å². The molecule has 2 amide bonds. The first-order valence-corrected chi connectivity index (χ1v) is 22.1. The Morgan fingerprint density at radius 1 is 0.810 bits per heavy atom. The summed E-state index contributed by atoms with van der Waals surface area (Å²) in [7, 11) is 0. The lowest BCUT2D eigenvalue weighted by molar-refractivity contribution is -0.119. The van der Waals surface area contributed by atoms with Crippen molar-refractivity contribution in [1.82, 2.24) is 30.8 Å². The quantitative estimate of drug-likeness (QED) is 0.106. The first kappa shape index (κ1) is 38.1. The van der Waals surface area contributed by atoms with Gasteiger partial charge >= 0.3 is 0 Å². The summed E-state index contributed by atoms with van der Waals surface area (Å²) in [6, 6.07) is 39.4. The van der Waals surface area contributed by atoms with Crippen molar-refractivity contribution in [2.45, 2.75) is 62.3 Å². The third-order valence-corrected chi connectivity index (χ3v) is 13.9. The van der Waals surface area contributed by atoms with Crippen molar-refractivity contribution in [3.8, 4) is 5.00 Å². The van der Waals surface area contributed by atoms with Gasteiger partial charge < -0.3 is 15.4 Å². The normalized spacial score (nSPS) is 17.8. The van der Waals surface area contributed by atoms with Crippen LogP contribution in [-0.2, 0) is 27.4 Å². The van der Waals surface area contributed by atoms with E-state index in [4.69, 9.17) is 14.9 Å². The summed E-state index contributed by atoms with van der Waals surface area (Å²) in [5, 5.41) is 22.9. The Bertz CT molecular complexity index is 2370. The Balaban J connectivity index is 0.978. The fourth-order valence-corrected chi connectivity index (χ4v) is 10.5. The molecule has 4 aromatic carbocycles. The number of hydrogen-bond donors (Lipinski definition) is 3. The van der Waals surface area contributed by atoms with Crippen molar-refractivity contribution < 1.29 is 14.3 Å². The molecule has 0 radical (unpaired) electrons. The molecule has 0 saturated carbocycles. The van der Waals surface area contributed by atoms with E-state index in [-0.39, 0.29) is 47.2 Å². The van der Waals surface area contributed by atoms with Crippen LogP contribution in [0.2, 0.25) is 0 Å². The van der Waals surface area contributed by atoms with E-state index in [1.807, 2.05) is 131 Å². The number of carbonyl (C=O) groups excluding carboxylic acids is 2. The molecular weight excluding hydrogens is 785 g/mol. The molecule has 0 saturated heterocycles. The van der Waals surface area contributed by atoms with Crippen LogP contribution < -0.4 is 21.0 Å². The van der Waals surface area contributed by atoms with Gasteiger partial charge in [0.05, 0.1) is 35.8 Å². The average Bonchev–Trinajstić information content (AvgIpc) is 3.99. The summed E-state index contributed by atoms with van der Waals surface area (Å²) >= 11 is 4.37. The SMILES string of the molecule is CC[C@@]1(C)Cc2c(sc3c2C2NN=C(SCC(=O)NC(c4ccccc4)c4ccccc4)N2c2nnc(SCC(=O)NC(c4ccccc4)c4ccccc4)n2-3)CO1. The zero-order valence-corrected chi connectivity index (χ0v) is 34.4. The molecule has 2 atom stereocenters. The van der Waals surface area contributed by atoms with Crippen LogP contribution in [0.3, 0.4) is 0 Å². The third-order valence-electron chi connectivity index (χ3n) is 10.8. The van der Waals surface area contributed by atoms with Gasteiger partial charge in [0, 0.05) is 16.9 Å². The number of fused-ring (bicyclic) bond motifs is 8. The maximum Gasteiger partial charge on any atom is 0.241 e. The van der Waals surface area contributed by atoms with Crippen molar-refractivity contribution in [2.24, 2.45) is 5.10 Å². The van der Waals surface area contributed by atoms with Gasteiger partial charge in [-0.05, 0) is 41.2 Å². The smallest absolute Gasteiger partial charge is 0.241 e. The highest BCUT2D eigenvalue weighted by atomic mass is 32.2. The molecule has 2 aromatic heterocycles. The summed E-state index contributed by atoms with van der Waals surface area (Å²) in [4.78, 5) is 30.6. The molecule has 6 aromatic rings. The third kappa shape index (κ3) is 7.52. The fourth-order valence-electron chi connectivity index (χ4n) is 7.65. The number of amides is 2. The Labute approximate surface area is 349 Å². The fraction of sp³-hybridized carbons (Fsp3) is 0.250. The highest BCUT2D eigenvalue weighted by Crippen LogP contribution is 2.50. The van der Waals surface area contributed by atoms with Crippen molar-refractivity contribution in [3.05, 3.63) is 160 Å². The number of thioether (sulfide) groups is 2. The van der Waals surface area contributed by atoms with Crippen LogP contribution in [0.4, 0.5) is 5.95 Å². The van der Waals surface area contributed by atoms with E-state index in [9.17, 15) is 9.59 Å². The molecule has 1 unspecified atom stereocenters. The van der Waals surface area contributed by atoms with Crippen LogP contribution in [-0.4, -0.2) is 48.9 Å². The van der Waals surface area contributed by atoms with Crippen molar-refractivity contribution in [3.63, 3.8) is 0 Å². The Hall–Kier alpha value is -5.41. The Morgan fingerprint density at radius 2 is 1.33 bits per heavy atom. The average molecular weight is 827 g/mol. The first-order chi connectivity index (χ1) is 28.4. The molecule has 0 bridgehead atoms. The molecule has 5 heterocycles. The van der Waals surface area contributed by atoms with E-state index in [0.717, 1.165) is 50.5 Å². The lowest BCUT2D eigenvalue weighted by Crippen LogP contribution is -2.40. The molecule has 294 valence electrons. The topological polar surface area (TPSA) is 126 Å². The van der Waals surface area contributed by atoms with Crippen LogP contribution in [0.15, 0.2) is 132 Å². The minimum Gasteiger partial charge on any atom is -0.369 e. The predicted octanol–water partition coefficient (Wildman–Crippen LogP) is 7.90. The minimum absolute atomic E-state index is 0.122. The van der Waals surface area contributed by atoms with Gasteiger partial charge in [0.1, 0.15) is 5.00 Å². The Morgan fingerprint density at radius 3 is 1.84 bits per heavy atom. The number of carbonyl (C=O) groups is 2. The number of aromatic nitrogens is 3. The van der Waals surface area contributed by atoms with Gasteiger partial charge in [-0.3, -0.25) is 19.9 Å². The van der Waals surface area contributed by atoms with Crippen molar-refractivity contribution in [2.75, 3.05) is 16.4 Å². The van der Waals surface area contributed by atoms with Crippen molar-refractivity contribution in [1.29, 1.82) is 0 Å². The monoisotopic (exact) mass is 826 g/mol. The number of ether oxygens (including phenoxy) is 1. The van der Waals surface area contributed by atoms with Gasteiger partial charge in [0.25, 0.3) is 0 Å². The molecule has 58 heavy (non-hydrogen) atoms. The summed E-state index contributed by atoms with van der Waals surface area (Å²) in [5.74, 6) is 0.599. The second kappa shape index (κ2) is 16.5. The predicted molar refractivity (Wildman–Crippen MR) is 231 cm³/mol. The highest BCUT2D eigenvalue weighted by Gasteiger charge is 2.46. The molecule has 3 aliphatic heterocycles. The molecule has 3 aliphatic rings. The Kier molecular flexibility index (Phi) is 10.8. The van der Waals surface area contributed by atoms with Crippen LogP contribution in [0.1, 0.15) is 76.8 Å². The van der Waals surface area contributed by atoms with Crippen LogP contribution >= 0.6 is 34.9 Å². The van der Waals surface area contributed by atoms with Crippen LogP contribution in [0.5, 0.6) is 0 Å². The van der Waals surface area contributed by atoms with Gasteiger partial charge in [0.15, 0.2) is 16.5 Å². The van der Waals surface area contributed by atoms with Crippen LogP contribution in [0.25, 0.3) is 5.00 Å². The van der Waals surface area contributed by atoms with E-state index in [1.165, 1.54) is 29.1 Å². The minimum atomic E-state index is -0.337. The lowest BCUT2D eigenvalue weighted by atomic mass is 9.88. The van der Waals surface area contributed by atoms with Gasteiger partial charge in [-0.2, -0.15) is 5.10 Å². The van der Waals surface area contributed by atoms with E-state index >= 15 is 0 Å². The molecule has 9 rings (SSSR count).